The van der Waals surface area contributed by atoms with Gasteiger partial charge < -0.3 is 24.4 Å². The highest BCUT2D eigenvalue weighted by Gasteiger charge is 2.25. The summed E-state index contributed by atoms with van der Waals surface area (Å²) >= 11 is 0. The van der Waals surface area contributed by atoms with Crippen molar-refractivity contribution in [3.05, 3.63) is 17.7 Å². The van der Waals surface area contributed by atoms with Crippen LogP contribution in [0.5, 0.6) is 17.2 Å². The highest BCUT2D eigenvalue weighted by molar-refractivity contribution is 5.77. The predicted molar refractivity (Wildman–Crippen MR) is 56.1 cm³/mol. The average molecular weight is 240 g/mol. The van der Waals surface area contributed by atoms with Gasteiger partial charge in [0.05, 0.1) is 7.11 Å². The number of methoxy groups -OCH3 is 1. The monoisotopic (exact) mass is 240 g/mol. The lowest BCUT2D eigenvalue weighted by Gasteiger charge is -2.20. The first-order valence-corrected chi connectivity index (χ1v) is 5.02. The van der Waals surface area contributed by atoms with Crippen LogP contribution < -0.4 is 9.47 Å². The smallest absolute Gasteiger partial charge is 0.339 e. The summed E-state index contributed by atoms with van der Waals surface area (Å²) in [4.78, 5) is 11.2. The maximum absolute atomic E-state index is 11.2. The van der Waals surface area contributed by atoms with Crippen molar-refractivity contribution in [2.75, 3.05) is 20.3 Å². The number of hydrogen-bond acceptors (Lipinski definition) is 6. The van der Waals surface area contributed by atoms with Crippen molar-refractivity contribution in [3.8, 4) is 17.2 Å². The third-order valence-corrected chi connectivity index (χ3v) is 2.41. The number of rotatable bonds is 2. The molecule has 2 rings (SSSR count). The first-order chi connectivity index (χ1) is 8.13. The number of aliphatic hydroxyl groups is 1. The van der Waals surface area contributed by atoms with Crippen molar-refractivity contribution in [1.82, 2.24) is 0 Å². The van der Waals surface area contributed by atoms with Crippen LogP contribution in [0.15, 0.2) is 12.1 Å². The van der Waals surface area contributed by atoms with Gasteiger partial charge >= 0.3 is 5.97 Å². The Kier molecular flexibility index (Phi) is 3.06. The van der Waals surface area contributed by atoms with Gasteiger partial charge in [-0.3, -0.25) is 0 Å². The van der Waals surface area contributed by atoms with Crippen molar-refractivity contribution in [1.29, 1.82) is 0 Å². The second-order valence-electron chi connectivity index (χ2n) is 3.48. The second-order valence-corrected chi connectivity index (χ2v) is 3.48. The molecule has 6 nitrogen and oxygen atoms in total. The largest absolute Gasteiger partial charge is 0.507 e. The van der Waals surface area contributed by atoms with Gasteiger partial charge in [-0.2, -0.15) is 0 Å². The van der Waals surface area contributed by atoms with Crippen LogP contribution in [-0.2, 0) is 9.53 Å². The van der Waals surface area contributed by atoms with Crippen LogP contribution in [0.4, 0.5) is 0 Å². The summed E-state index contributed by atoms with van der Waals surface area (Å²) in [7, 11) is 1.15. The van der Waals surface area contributed by atoms with E-state index in [0.29, 0.717) is 24.7 Å². The lowest BCUT2D eigenvalue weighted by atomic mass is 10.1. The average Bonchev–Trinajstić information content (AvgIpc) is 2.36. The van der Waals surface area contributed by atoms with Gasteiger partial charge in [0.1, 0.15) is 19.0 Å². The number of carbonyl (C=O) groups is 1. The molecule has 92 valence electrons. The minimum atomic E-state index is -1.55. The fourth-order valence-electron chi connectivity index (χ4n) is 1.55. The second kappa shape index (κ2) is 4.50. The molecule has 0 saturated carbocycles. The van der Waals surface area contributed by atoms with Crippen molar-refractivity contribution < 1.29 is 29.2 Å². The minimum Gasteiger partial charge on any atom is -0.507 e. The molecule has 0 radical (unpaired) electrons. The molecule has 6 heteroatoms. The quantitative estimate of drug-likeness (QED) is 0.726. The molecule has 0 aliphatic carbocycles. The van der Waals surface area contributed by atoms with E-state index in [2.05, 4.69) is 4.74 Å². The molecule has 2 N–H and O–H groups in total. The van der Waals surface area contributed by atoms with E-state index >= 15 is 0 Å². The molecule has 17 heavy (non-hydrogen) atoms. The minimum absolute atomic E-state index is 0.0288. The number of ether oxygens (including phenoxy) is 3. The van der Waals surface area contributed by atoms with Crippen LogP contribution >= 0.6 is 0 Å². The Hall–Kier alpha value is -1.95. The standard InChI is InChI=1S/C11H12O6/c1-15-11(14)10(13)6-4-8-9(5-7(6)12)17-3-2-16-8/h4-5,10,12-13H,2-3H2,1H3. The van der Waals surface area contributed by atoms with Crippen LogP contribution in [0.1, 0.15) is 11.7 Å². The normalized spacial score (nSPS) is 15.2. The topological polar surface area (TPSA) is 85.2 Å². The fourth-order valence-corrected chi connectivity index (χ4v) is 1.55. The SMILES string of the molecule is COC(=O)C(O)c1cc2c(cc1O)OCCO2. The number of phenols is 1. The molecule has 0 fully saturated rings. The molecule has 0 spiro atoms. The summed E-state index contributed by atoms with van der Waals surface area (Å²) < 4.78 is 14.9. The van der Waals surface area contributed by atoms with Gasteiger partial charge in [-0.25, -0.2) is 4.79 Å². The molecule has 1 atom stereocenters. The van der Waals surface area contributed by atoms with E-state index in [0.717, 1.165) is 7.11 Å². The summed E-state index contributed by atoms with van der Waals surface area (Å²) in [6.07, 6.45) is -1.55. The third kappa shape index (κ3) is 2.12. The summed E-state index contributed by atoms with van der Waals surface area (Å²) in [6, 6.07) is 2.67. The van der Waals surface area contributed by atoms with Crippen LogP contribution in [0.3, 0.4) is 0 Å². The van der Waals surface area contributed by atoms with Gasteiger partial charge in [-0.15, -0.1) is 0 Å². The van der Waals surface area contributed by atoms with Gasteiger partial charge in [0.2, 0.25) is 0 Å². The van der Waals surface area contributed by atoms with E-state index in [4.69, 9.17) is 9.47 Å². The number of fused-ring (bicyclic) bond motifs is 1. The zero-order valence-corrected chi connectivity index (χ0v) is 9.17. The molecule has 0 aromatic heterocycles. The number of aliphatic hydroxyl groups excluding tert-OH is 1. The van der Waals surface area contributed by atoms with E-state index in [1.165, 1.54) is 12.1 Å². The molecule has 1 unspecified atom stereocenters. The molecule has 1 aliphatic heterocycles. The number of carbonyl (C=O) groups excluding carboxylic acids is 1. The Balaban J connectivity index is 2.37. The summed E-state index contributed by atoms with van der Waals surface area (Å²) in [6.45, 7) is 0.775. The first-order valence-electron chi connectivity index (χ1n) is 5.02. The van der Waals surface area contributed by atoms with E-state index in [1.807, 2.05) is 0 Å². The molecular formula is C11H12O6. The summed E-state index contributed by atoms with van der Waals surface area (Å²) in [5.74, 6) is -0.328. The van der Waals surface area contributed by atoms with Crippen LogP contribution in [0, 0.1) is 0 Å². The predicted octanol–water partition coefficient (Wildman–Crippen LogP) is 0.370. The molecule has 1 heterocycles. The number of benzene rings is 1. The molecule has 0 saturated heterocycles. The van der Waals surface area contributed by atoms with Crippen LogP contribution in [0.2, 0.25) is 0 Å². The molecule has 1 aromatic carbocycles. The first kappa shape index (κ1) is 11.5. The fraction of sp³-hybridized carbons (Fsp3) is 0.364. The maximum Gasteiger partial charge on any atom is 0.339 e. The molecule has 1 aromatic rings. The highest BCUT2D eigenvalue weighted by Crippen LogP contribution is 2.38. The van der Waals surface area contributed by atoms with Crippen molar-refractivity contribution in [2.24, 2.45) is 0 Å². The molecule has 0 amide bonds. The summed E-state index contributed by atoms with van der Waals surface area (Å²) in [5.41, 5.74) is 0.0288. The number of esters is 1. The van der Waals surface area contributed by atoms with Crippen molar-refractivity contribution >= 4 is 5.97 Å². The molecule has 1 aliphatic rings. The Morgan fingerprint density at radius 3 is 2.53 bits per heavy atom. The Morgan fingerprint density at radius 2 is 1.94 bits per heavy atom. The lowest BCUT2D eigenvalue weighted by Crippen LogP contribution is -2.17. The number of phenolic OH excluding ortho intramolecular Hbond substituents is 1. The van der Waals surface area contributed by atoms with E-state index in [9.17, 15) is 15.0 Å². The van der Waals surface area contributed by atoms with Gasteiger partial charge in [0.15, 0.2) is 17.6 Å². The third-order valence-electron chi connectivity index (χ3n) is 2.41. The number of aromatic hydroxyl groups is 1. The van der Waals surface area contributed by atoms with Gasteiger partial charge in [0, 0.05) is 11.6 Å². The Bertz CT molecular complexity index is 442. The zero-order chi connectivity index (χ0) is 12.4. The Morgan fingerprint density at radius 1 is 1.35 bits per heavy atom. The summed E-state index contributed by atoms with van der Waals surface area (Å²) in [5, 5.41) is 19.3. The van der Waals surface area contributed by atoms with Gasteiger partial charge in [-0.1, -0.05) is 0 Å². The van der Waals surface area contributed by atoms with Crippen molar-refractivity contribution in [3.63, 3.8) is 0 Å². The zero-order valence-electron chi connectivity index (χ0n) is 9.17. The van der Waals surface area contributed by atoms with E-state index in [1.54, 1.807) is 0 Å². The van der Waals surface area contributed by atoms with E-state index in [-0.39, 0.29) is 11.3 Å². The number of hydrogen-bond donors (Lipinski definition) is 2. The van der Waals surface area contributed by atoms with Gasteiger partial charge in [-0.05, 0) is 6.07 Å². The molecule has 0 bridgehead atoms. The van der Waals surface area contributed by atoms with Crippen molar-refractivity contribution in [2.45, 2.75) is 6.10 Å². The lowest BCUT2D eigenvalue weighted by molar-refractivity contribution is -0.150. The Labute approximate surface area is 97.3 Å². The molecular weight excluding hydrogens is 228 g/mol. The van der Waals surface area contributed by atoms with Crippen LogP contribution in [-0.4, -0.2) is 36.5 Å². The maximum atomic E-state index is 11.2. The van der Waals surface area contributed by atoms with Crippen LogP contribution in [0.25, 0.3) is 0 Å². The van der Waals surface area contributed by atoms with Gasteiger partial charge in [0.25, 0.3) is 0 Å². The highest BCUT2D eigenvalue weighted by atomic mass is 16.6. The van der Waals surface area contributed by atoms with E-state index < -0.39 is 12.1 Å².